The molecule has 0 N–H and O–H groups in total. The SMILES string of the molecule is CCC(C)(C)C(C)CCC(C)(C)C. The van der Waals surface area contributed by atoms with Crippen molar-refractivity contribution in [3.63, 3.8) is 0 Å². The summed E-state index contributed by atoms with van der Waals surface area (Å²) < 4.78 is 0. The monoisotopic (exact) mass is 184 g/mol. The summed E-state index contributed by atoms with van der Waals surface area (Å²) in [4.78, 5) is 0. The normalized spacial score (nSPS) is 15.9. The van der Waals surface area contributed by atoms with E-state index in [0.29, 0.717) is 10.8 Å². The van der Waals surface area contributed by atoms with Crippen molar-refractivity contribution in [3.05, 3.63) is 0 Å². The second-order valence-corrected chi connectivity index (χ2v) is 6.34. The van der Waals surface area contributed by atoms with E-state index in [1.807, 2.05) is 0 Å². The Kier molecular flexibility index (Phi) is 4.48. The van der Waals surface area contributed by atoms with Crippen molar-refractivity contribution in [2.75, 3.05) is 0 Å². The maximum atomic E-state index is 2.40. The fourth-order valence-corrected chi connectivity index (χ4v) is 1.39. The van der Waals surface area contributed by atoms with Gasteiger partial charge in [0.1, 0.15) is 0 Å². The highest BCUT2D eigenvalue weighted by Gasteiger charge is 2.24. The molecule has 0 heteroatoms. The van der Waals surface area contributed by atoms with Gasteiger partial charge in [0.15, 0.2) is 0 Å². The second-order valence-electron chi connectivity index (χ2n) is 6.34. The first-order valence-electron chi connectivity index (χ1n) is 5.69. The van der Waals surface area contributed by atoms with Gasteiger partial charge in [-0.3, -0.25) is 0 Å². The zero-order chi connectivity index (χ0) is 10.7. The first-order valence-corrected chi connectivity index (χ1v) is 5.69. The highest BCUT2D eigenvalue weighted by molar-refractivity contribution is 4.75. The highest BCUT2D eigenvalue weighted by Crippen LogP contribution is 2.35. The molecule has 0 aromatic carbocycles. The number of hydrogen-bond acceptors (Lipinski definition) is 0. The van der Waals surface area contributed by atoms with Crippen LogP contribution in [0.4, 0.5) is 0 Å². The molecule has 0 aliphatic heterocycles. The van der Waals surface area contributed by atoms with Gasteiger partial charge >= 0.3 is 0 Å². The third kappa shape index (κ3) is 5.33. The van der Waals surface area contributed by atoms with Crippen LogP contribution in [0.15, 0.2) is 0 Å². The van der Waals surface area contributed by atoms with Crippen molar-refractivity contribution >= 4 is 0 Å². The van der Waals surface area contributed by atoms with Crippen LogP contribution in [0.1, 0.15) is 67.7 Å². The quantitative estimate of drug-likeness (QED) is 0.584. The average molecular weight is 184 g/mol. The molecule has 0 aromatic heterocycles. The zero-order valence-corrected chi connectivity index (χ0v) is 10.7. The Morgan fingerprint density at radius 1 is 1.00 bits per heavy atom. The molecule has 0 saturated carbocycles. The highest BCUT2D eigenvalue weighted by atomic mass is 14.3. The van der Waals surface area contributed by atoms with E-state index in [0.717, 1.165) is 5.92 Å². The van der Waals surface area contributed by atoms with Crippen LogP contribution in [-0.2, 0) is 0 Å². The van der Waals surface area contributed by atoms with Crippen LogP contribution in [0.5, 0.6) is 0 Å². The maximum Gasteiger partial charge on any atom is -0.0331 e. The maximum absolute atomic E-state index is 2.40. The van der Waals surface area contributed by atoms with E-state index in [9.17, 15) is 0 Å². The molecule has 80 valence electrons. The van der Waals surface area contributed by atoms with Gasteiger partial charge < -0.3 is 0 Å². The third-order valence-electron chi connectivity index (χ3n) is 3.57. The standard InChI is InChI=1S/C13H28/c1-8-13(6,7)11(2)9-10-12(3,4)5/h11H,8-10H2,1-7H3. The lowest BCUT2D eigenvalue weighted by Crippen LogP contribution is -2.22. The Morgan fingerprint density at radius 3 is 1.77 bits per heavy atom. The minimum atomic E-state index is 0.498. The Balaban J connectivity index is 3.95. The lowest BCUT2D eigenvalue weighted by Gasteiger charge is -2.32. The van der Waals surface area contributed by atoms with Crippen molar-refractivity contribution in [1.82, 2.24) is 0 Å². The summed E-state index contributed by atoms with van der Waals surface area (Å²) in [7, 11) is 0. The van der Waals surface area contributed by atoms with E-state index in [1.54, 1.807) is 0 Å². The number of rotatable bonds is 4. The van der Waals surface area contributed by atoms with Gasteiger partial charge in [-0.2, -0.15) is 0 Å². The van der Waals surface area contributed by atoms with Gasteiger partial charge in [0.2, 0.25) is 0 Å². The van der Waals surface area contributed by atoms with E-state index in [4.69, 9.17) is 0 Å². The van der Waals surface area contributed by atoms with Crippen molar-refractivity contribution < 1.29 is 0 Å². The topological polar surface area (TPSA) is 0 Å². The average Bonchev–Trinajstić information content (AvgIpc) is 1.98. The fraction of sp³-hybridized carbons (Fsp3) is 1.00. The van der Waals surface area contributed by atoms with Gasteiger partial charge in [0.25, 0.3) is 0 Å². The van der Waals surface area contributed by atoms with Crippen LogP contribution >= 0.6 is 0 Å². The van der Waals surface area contributed by atoms with Crippen LogP contribution < -0.4 is 0 Å². The van der Waals surface area contributed by atoms with Crippen molar-refractivity contribution in [1.29, 1.82) is 0 Å². The molecule has 0 amide bonds. The third-order valence-corrected chi connectivity index (χ3v) is 3.57. The molecule has 13 heavy (non-hydrogen) atoms. The zero-order valence-electron chi connectivity index (χ0n) is 10.7. The summed E-state index contributed by atoms with van der Waals surface area (Å²) in [6.07, 6.45) is 4.00. The van der Waals surface area contributed by atoms with Crippen LogP contribution in [0.3, 0.4) is 0 Å². The van der Waals surface area contributed by atoms with Gasteiger partial charge in [-0.25, -0.2) is 0 Å². The molecule has 0 aliphatic rings. The van der Waals surface area contributed by atoms with Crippen molar-refractivity contribution in [2.24, 2.45) is 16.7 Å². The smallest absolute Gasteiger partial charge is 0.0331 e. The molecule has 0 aliphatic carbocycles. The fourth-order valence-electron chi connectivity index (χ4n) is 1.39. The first kappa shape index (κ1) is 13.0. The van der Waals surface area contributed by atoms with Gasteiger partial charge in [-0.1, -0.05) is 54.9 Å². The van der Waals surface area contributed by atoms with Crippen LogP contribution in [0, 0.1) is 16.7 Å². The predicted molar refractivity (Wildman–Crippen MR) is 61.9 cm³/mol. The summed E-state index contributed by atoms with van der Waals surface area (Å²) >= 11 is 0. The van der Waals surface area contributed by atoms with Crippen LogP contribution in [0.2, 0.25) is 0 Å². The molecule has 0 aromatic rings. The summed E-state index contributed by atoms with van der Waals surface area (Å²) in [5, 5.41) is 0. The second kappa shape index (κ2) is 4.48. The molecule has 1 unspecified atom stereocenters. The molecule has 0 rings (SSSR count). The molecule has 0 heterocycles. The van der Waals surface area contributed by atoms with Gasteiger partial charge in [-0.05, 0) is 29.6 Å². The van der Waals surface area contributed by atoms with E-state index in [1.165, 1.54) is 19.3 Å². The van der Waals surface area contributed by atoms with E-state index < -0.39 is 0 Å². The van der Waals surface area contributed by atoms with Gasteiger partial charge in [-0.15, -0.1) is 0 Å². The summed E-state index contributed by atoms with van der Waals surface area (Å²) in [6, 6.07) is 0. The van der Waals surface area contributed by atoms with Gasteiger partial charge in [0.05, 0.1) is 0 Å². The molecule has 0 saturated heterocycles. The van der Waals surface area contributed by atoms with Crippen LogP contribution in [0.25, 0.3) is 0 Å². The molecule has 0 radical (unpaired) electrons. The Morgan fingerprint density at radius 2 is 1.46 bits per heavy atom. The predicted octanol–water partition coefficient (Wildman–Crippen LogP) is 4.89. The molecule has 0 nitrogen and oxygen atoms in total. The van der Waals surface area contributed by atoms with E-state index in [2.05, 4.69) is 48.5 Å². The largest absolute Gasteiger partial charge is 0.0649 e. The lowest BCUT2D eigenvalue weighted by atomic mass is 9.73. The molecule has 0 spiro atoms. The Hall–Kier alpha value is 0. The van der Waals surface area contributed by atoms with Gasteiger partial charge in [0, 0.05) is 0 Å². The molecule has 0 fully saturated rings. The molecular formula is C13H28. The molecule has 0 bridgehead atoms. The van der Waals surface area contributed by atoms with Crippen molar-refractivity contribution in [3.8, 4) is 0 Å². The Labute approximate surface area is 85.1 Å². The van der Waals surface area contributed by atoms with Crippen molar-refractivity contribution in [2.45, 2.75) is 67.7 Å². The number of hydrogen-bond donors (Lipinski definition) is 0. The summed E-state index contributed by atoms with van der Waals surface area (Å²) in [5.41, 5.74) is 1.02. The van der Waals surface area contributed by atoms with E-state index >= 15 is 0 Å². The first-order chi connectivity index (χ1) is 5.69. The Bertz CT molecular complexity index is 137. The van der Waals surface area contributed by atoms with E-state index in [-0.39, 0.29) is 0 Å². The summed E-state index contributed by atoms with van der Waals surface area (Å²) in [5.74, 6) is 0.844. The summed E-state index contributed by atoms with van der Waals surface area (Å²) in [6.45, 7) is 16.5. The lowest BCUT2D eigenvalue weighted by molar-refractivity contribution is 0.185. The van der Waals surface area contributed by atoms with Crippen LogP contribution in [-0.4, -0.2) is 0 Å². The molecular weight excluding hydrogens is 156 g/mol. The minimum absolute atomic E-state index is 0.498. The molecule has 1 atom stereocenters. The minimum Gasteiger partial charge on any atom is -0.0649 e.